The van der Waals surface area contributed by atoms with Crippen molar-refractivity contribution in [3.63, 3.8) is 0 Å². The van der Waals surface area contributed by atoms with E-state index in [1.807, 2.05) is 20.8 Å². The topological polar surface area (TPSA) is 75.7 Å². The average Bonchev–Trinajstić information content (AvgIpc) is 2.41. The van der Waals surface area contributed by atoms with Gasteiger partial charge < -0.3 is 10.2 Å². The number of imide groups is 1. The third kappa shape index (κ3) is 3.81. The van der Waals surface area contributed by atoms with E-state index < -0.39 is 23.7 Å². The van der Waals surface area contributed by atoms with E-state index in [-0.39, 0.29) is 18.5 Å². The van der Waals surface area contributed by atoms with Crippen molar-refractivity contribution in [3.05, 3.63) is 0 Å². The van der Waals surface area contributed by atoms with Crippen LogP contribution in [0, 0.1) is 5.92 Å². The fraction of sp³-hybridized carbons (Fsp3) is 0.727. The molecule has 0 aromatic carbocycles. The highest BCUT2D eigenvalue weighted by Gasteiger charge is 2.38. The van der Waals surface area contributed by atoms with Crippen molar-refractivity contribution in [1.82, 2.24) is 10.4 Å². The zero-order chi connectivity index (χ0) is 13.2. The smallest absolute Gasteiger partial charge is 0.329 e. The van der Waals surface area contributed by atoms with Gasteiger partial charge in [-0.25, -0.2) is 4.79 Å². The highest BCUT2D eigenvalue weighted by Crippen LogP contribution is 2.18. The molecule has 0 saturated carbocycles. The standard InChI is InChI=1S/C11H18N2O4/c1-7-5-8(14)13(10(7)16)17-9(15)6-12-11(2,3)4/h7,12H,5-6H2,1-4H3. The van der Waals surface area contributed by atoms with E-state index in [1.165, 1.54) is 0 Å². The van der Waals surface area contributed by atoms with Gasteiger partial charge in [-0.05, 0) is 20.8 Å². The molecule has 1 saturated heterocycles. The Kier molecular flexibility index (Phi) is 3.87. The number of hydrogen-bond donors (Lipinski definition) is 1. The van der Waals surface area contributed by atoms with Gasteiger partial charge >= 0.3 is 5.97 Å². The number of nitrogens with zero attached hydrogens (tertiary/aromatic N) is 1. The Labute approximate surface area is 100 Å². The molecule has 6 heteroatoms. The zero-order valence-corrected chi connectivity index (χ0v) is 10.6. The molecule has 1 N–H and O–H groups in total. The Balaban J connectivity index is 2.47. The summed E-state index contributed by atoms with van der Waals surface area (Å²) >= 11 is 0. The lowest BCUT2D eigenvalue weighted by molar-refractivity contribution is -0.197. The van der Waals surface area contributed by atoms with Crippen molar-refractivity contribution < 1.29 is 19.2 Å². The van der Waals surface area contributed by atoms with Crippen LogP contribution in [0.15, 0.2) is 0 Å². The lowest BCUT2D eigenvalue weighted by atomic mass is 10.1. The molecule has 1 fully saturated rings. The quantitative estimate of drug-likeness (QED) is 0.717. The maximum absolute atomic E-state index is 11.5. The van der Waals surface area contributed by atoms with Crippen molar-refractivity contribution in [3.8, 4) is 0 Å². The molecule has 6 nitrogen and oxygen atoms in total. The van der Waals surface area contributed by atoms with E-state index in [0.29, 0.717) is 5.06 Å². The van der Waals surface area contributed by atoms with E-state index in [0.717, 1.165) is 0 Å². The molecule has 0 aromatic rings. The van der Waals surface area contributed by atoms with Crippen molar-refractivity contribution in [2.45, 2.75) is 39.7 Å². The van der Waals surface area contributed by atoms with E-state index >= 15 is 0 Å². The summed E-state index contributed by atoms with van der Waals surface area (Å²) < 4.78 is 0. The first-order chi connectivity index (χ1) is 7.70. The SMILES string of the molecule is CC1CC(=O)N(OC(=O)CNC(C)(C)C)C1=O. The first-order valence-corrected chi connectivity index (χ1v) is 5.53. The van der Waals surface area contributed by atoms with E-state index in [4.69, 9.17) is 4.84 Å². The molecule has 0 aliphatic carbocycles. The summed E-state index contributed by atoms with van der Waals surface area (Å²) in [6, 6.07) is 0. The molecular formula is C11H18N2O4. The predicted molar refractivity (Wildman–Crippen MR) is 59.5 cm³/mol. The van der Waals surface area contributed by atoms with Crippen LogP contribution in [0.5, 0.6) is 0 Å². The van der Waals surface area contributed by atoms with Gasteiger partial charge in [-0.1, -0.05) is 6.92 Å². The number of rotatable bonds is 3. The summed E-state index contributed by atoms with van der Waals surface area (Å²) in [4.78, 5) is 38.9. The van der Waals surface area contributed by atoms with Crippen LogP contribution in [0.25, 0.3) is 0 Å². The first kappa shape index (κ1) is 13.6. The molecule has 17 heavy (non-hydrogen) atoms. The largest absolute Gasteiger partial charge is 0.346 e. The number of hydroxylamine groups is 2. The van der Waals surface area contributed by atoms with E-state index in [9.17, 15) is 14.4 Å². The van der Waals surface area contributed by atoms with Crippen molar-refractivity contribution >= 4 is 17.8 Å². The summed E-state index contributed by atoms with van der Waals surface area (Å²) in [6.07, 6.45) is 0.0960. The first-order valence-electron chi connectivity index (χ1n) is 5.53. The molecule has 1 rings (SSSR count). The van der Waals surface area contributed by atoms with Gasteiger partial charge in [0.25, 0.3) is 11.8 Å². The van der Waals surface area contributed by atoms with Crippen LogP contribution >= 0.6 is 0 Å². The lowest BCUT2D eigenvalue weighted by Crippen LogP contribution is -2.42. The molecule has 0 spiro atoms. The predicted octanol–water partition coefficient (Wildman–Crippen LogP) is 0.228. The van der Waals surface area contributed by atoms with Gasteiger partial charge in [-0.2, -0.15) is 0 Å². The molecule has 96 valence electrons. The monoisotopic (exact) mass is 242 g/mol. The maximum atomic E-state index is 11.5. The number of carbonyl (C=O) groups is 3. The van der Waals surface area contributed by atoms with Gasteiger partial charge in [-0.15, -0.1) is 5.06 Å². The molecule has 1 aliphatic heterocycles. The molecule has 1 aliphatic rings. The summed E-state index contributed by atoms with van der Waals surface area (Å²) in [6.45, 7) is 7.27. The fourth-order valence-corrected chi connectivity index (χ4v) is 1.32. The third-order valence-corrected chi connectivity index (χ3v) is 2.29. The second kappa shape index (κ2) is 4.83. The Bertz CT molecular complexity index is 346. The van der Waals surface area contributed by atoms with Gasteiger partial charge in [0.2, 0.25) is 0 Å². The Morgan fingerprint density at radius 1 is 1.47 bits per heavy atom. The van der Waals surface area contributed by atoms with Crippen LogP contribution < -0.4 is 5.32 Å². The highest BCUT2D eigenvalue weighted by molar-refractivity contribution is 6.03. The zero-order valence-electron chi connectivity index (χ0n) is 10.6. The molecule has 0 radical (unpaired) electrons. The van der Waals surface area contributed by atoms with Crippen molar-refractivity contribution in [1.29, 1.82) is 0 Å². The molecular weight excluding hydrogens is 224 g/mol. The summed E-state index contributed by atoms with van der Waals surface area (Å²) in [7, 11) is 0. The second-order valence-corrected chi connectivity index (χ2v) is 5.20. The van der Waals surface area contributed by atoms with E-state index in [2.05, 4.69) is 5.32 Å². The Hall–Kier alpha value is -1.43. The van der Waals surface area contributed by atoms with Crippen LogP contribution in [0.2, 0.25) is 0 Å². The fourth-order valence-electron chi connectivity index (χ4n) is 1.32. The molecule has 0 aromatic heterocycles. The van der Waals surface area contributed by atoms with Gasteiger partial charge in [-0.3, -0.25) is 9.59 Å². The minimum Gasteiger partial charge on any atom is -0.329 e. The van der Waals surface area contributed by atoms with Crippen LogP contribution in [-0.2, 0) is 19.2 Å². The lowest BCUT2D eigenvalue weighted by Gasteiger charge is -2.20. The second-order valence-electron chi connectivity index (χ2n) is 5.20. The van der Waals surface area contributed by atoms with Crippen LogP contribution in [0.4, 0.5) is 0 Å². The van der Waals surface area contributed by atoms with Crippen molar-refractivity contribution in [2.24, 2.45) is 5.92 Å². The number of hydrogen-bond acceptors (Lipinski definition) is 5. The minimum atomic E-state index is -0.643. The highest BCUT2D eigenvalue weighted by atomic mass is 16.7. The van der Waals surface area contributed by atoms with Gasteiger partial charge in [0.15, 0.2) is 0 Å². The average molecular weight is 242 g/mol. The molecule has 1 atom stereocenters. The van der Waals surface area contributed by atoms with Crippen LogP contribution in [0.3, 0.4) is 0 Å². The van der Waals surface area contributed by atoms with Gasteiger partial charge in [0, 0.05) is 17.9 Å². The summed E-state index contributed by atoms with van der Waals surface area (Å²) in [5.74, 6) is -1.98. The third-order valence-electron chi connectivity index (χ3n) is 2.29. The molecule has 1 unspecified atom stereocenters. The van der Waals surface area contributed by atoms with Crippen molar-refractivity contribution in [2.75, 3.05) is 6.54 Å². The Morgan fingerprint density at radius 3 is 2.47 bits per heavy atom. The summed E-state index contributed by atoms with van der Waals surface area (Å²) in [5.41, 5.74) is -0.231. The number of amides is 2. The maximum Gasteiger partial charge on any atom is 0.346 e. The molecule has 2 amide bonds. The molecule has 0 bridgehead atoms. The molecule has 1 heterocycles. The minimum absolute atomic E-state index is 0.0467. The van der Waals surface area contributed by atoms with Gasteiger partial charge in [0.1, 0.15) is 0 Å². The normalized spacial score (nSPS) is 20.9. The number of nitrogens with one attached hydrogen (secondary N) is 1. The van der Waals surface area contributed by atoms with E-state index in [1.54, 1.807) is 6.92 Å². The Morgan fingerprint density at radius 2 is 2.06 bits per heavy atom. The van der Waals surface area contributed by atoms with Crippen LogP contribution in [-0.4, -0.2) is 34.9 Å². The summed E-state index contributed by atoms with van der Waals surface area (Å²) in [5, 5.41) is 3.48. The van der Waals surface area contributed by atoms with Gasteiger partial charge in [0.05, 0.1) is 6.54 Å². The van der Waals surface area contributed by atoms with Crippen LogP contribution in [0.1, 0.15) is 34.1 Å². The number of carbonyl (C=O) groups excluding carboxylic acids is 3.